The molecule has 4 aliphatic carbocycles. The van der Waals surface area contributed by atoms with Crippen molar-refractivity contribution in [1.29, 1.82) is 0 Å². The minimum absolute atomic E-state index is 0.00798. The van der Waals surface area contributed by atoms with E-state index in [0.717, 1.165) is 38.5 Å². The van der Waals surface area contributed by atoms with Crippen LogP contribution in [-0.4, -0.2) is 138 Å². The Morgan fingerprint density at radius 3 is 1.95 bits per heavy atom. The maximum absolute atomic E-state index is 12.2. The van der Waals surface area contributed by atoms with Gasteiger partial charge in [-0.2, -0.15) is 0 Å². The van der Waals surface area contributed by atoms with Crippen LogP contribution in [0.5, 0.6) is 0 Å². The van der Waals surface area contributed by atoms with Crippen LogP contribution in [0.4, 0.5) is 0 Å². The van der Waals surface area contributed by atoms with Crippen molar-refractivity contribution in [3.63, 3.8) is 0 Å². The molecule has 6 aliphatic rings. The summed E-state index contributed by atoms with van der Waals surface area (Å²) in [5.41, 5.74) is -0.405. The minimum Gasteiger partial charge on any atom is -0.394 e. The average molecular weight is 785 g/mol. The molecular weight excluding hydrogens is 712 g/mol. The molecule has 0 radical (unpaired) electrons. The van der Waals surface area contributed by atoms with Crippen LogP contribution in [0.25, 0.3) is 0 Å². The predicted octanol–water partition coefficient (Wildman–Crippen LogP) is 2.15. The van der Waals surface area contributed by atoms with Crippen molar-refractivity contribution in [3.8, 4) is 0 Å². The first-order valence-electron chi connectivity index (χ1n) is 20.9. The molecule has 0 aromatic rings. The molecule has 4 saturated carbocycles. The molecule has 6 rings (SSSR count). The van der Waals surface area contributed by atoms with E-state index in [9.17, 15) is 46.0 Å². The lowest BCUT2D eigenvalue weighted by atomic mass is 9.35. The highest BCUT2D eigenvalue weighted by atomic mass is 16.8. The molecule has 0 bridgehead atoms. The van der Waals surface area contributed by atoms with Crippen molar-refractivity contribution in [2.45, 2.75) is 192 Å². The first kappa shape index (κ1) is 43.8. The molecule has 6 fully saturated rings. The van der Waals surface area contributed by atoms with Gasteiger partial charge in [-0.3, -0.25) is 0 Å². The van der Waals surface area contributed by atoms with Gasteiger partial charge in [-0.25, -0.2) is 0 Å². The summed E-state index contributed by atoms with van der Waals surface area (Å²) in [6, 6.07) is 0. The van der Waals surface area contributed by atoms with Gasteiger partial charge in [0, 0.05) is 0 Å². The Balaban J connectivity index is 1.23. The highest BCUT2D eigenvalue weighted by Crippen LogP contribution is 2.76. The summed E-state index contributed by atoms with van der Waals surface area (Å²) >= 11 is 0. The van der Waals surface area contributed by atoms with Crippen LogP contribution in [0, 0.1) is 45.3 Å². The fraction of sp³-hybridized carbons (Fsp3) is 0.952. The van der Waals surface area contributed by atoms with Crippen LogP contribution >= 0.6 is 0 Å². The van der Waals surface area contributed by atoms with E-state index in [-0.39, 0.29) is 39.9 Å². The number of rotatable bonds is 10. The van der Waals surface area contributed by atoms with E-state index < -0.39 is 97.8 Å². The maximum Gasteiger partial charge on any atom is 0.187 e. The Hall–Kier alpha value is -0.780. The van der Waals surface area contributed by atoms with E-state index in [4.69, 9.17) is 18.9 Å². The summed E-state index contributed by atoms with van der Waals surface area (Å²) in [6.45, 7) is 16.5. The van der Waals surface area contributed by atoms with Gasteiger partial charge in [-0.1, -0.05) is 46.3 Å². The molecule has 318 valence electrons. The van der Waals surface area contributed by atoms with Crippen molar-refractivity contribution >= 4 is 0 Å². The second-order valence-corrected chi connectivity index (χ2v) is 20.1. The molecule has 0 amide bonds. The summed E-state index contributed by atoms with van der Waals surface area (Å²) in [5.74, 6) is 0.445. The van der Waals surface area contributed by atoms with Crippen LogP contribution < -0.4 is 0 Å². The van der Waals surface area contributed by atoms with E-state index in [2.05, 4.69) is 54.5 Å². The van der Waals surface area contributed by atoms with Crippen LogP contribution in [0.3, 0.4) is 0 Å². The third-order valence-electron chi connectivity index (χ3n) is 16.6. The number of hydrogen-bond donors (Lipinski definition) is 9. The van der Waals surface area contributed by atoms with E-state index in [0.29, 0.717) is 19.3 Å². The van der Waals surface area contributed by atoms with Crippen LogP contribution in [0.1, 0.15) is 113 Å². The van der Waals surface area contributed by atoms with E-state index >= 15 is 0 Å². The van der Waals surface area contributed by atoms with Crippen LogP contribution in [-0.2, 0) is 18.9 Å². The standard InChI is InChI=1S/C42H72O13/c1-21(2)10-9-14-42(8,51)22-11-16-41(7)29(22)23(45)18-27-39(5)15-13-28(38(3,4)26(39)12-17-40(27,41)6)54-37-35(33(49)31(47)25(20-44)53-37)55-36-34(50)32(48)30(46)24(19-43)52-36/h10,22-37,43-51H,9,11-20H2,1-8H3/t22-,23+,24?,25?,26-,27+,28-,29-,30?,31?,32?,33?,34?,35?,36?,37?,39-,40+,41+,42-/m0/s1. The van der Waals surface area contributed by atoms with Crippen molar-refractivity contribution < 1.29 is 64.9 Å². The van der Waals surface area contributed by atoms with Crippen LogP contribution in [0.2, 0.25) is 0 Å². The monoisotopic (exact) mass is 784 g/mol. The SMILES string of the molecule is CC(C)=CCC[C@](C)(O)[C@H]1CC[C@]2(C)[C@@H]1[C@H](O)C[C@@H]1[C@@]3(C)CC[C@H](OC4OC(CO)C(O)C(O)C4OC4OC(CO)C(O)C(O)C4O)C(C)(C)[C@@H]3CC[C@]12C. The van der Waals surface area contributed by atoms with Gasteiger partial charge in [-0.05, 0) is 124 Å². The molecule has 0 aromatic carbocycles. The summed E-state index contributed by atoms with van der Waals surface area (Å²) in [5, 5.41) is 97.4. The molecule has 13 nitrogen and oxygen atoms in total. The summed E-state index contributed by atoms with van der Waals surface area (Å²) in [6.07, 6.45) is -6.48. The van der Waals surface area contributed by atoms with E-state index in [1.54, 1.807) is 0 Å². The topological polar surface area (TPSA) is 219 Å². The molecule has 9 N–H and O–H groups in total. The highest BCUT2D eigenvalue weighted by Gasteiger charge is 2.71. The normalized spacial score (nSPS) is 52.0. The van der Waals surface area contributed by atoms with Gasteiger partial charge < -0.3 is 64.9 Å². The zero-order valence-corrected chi connectivity index (χ0v) is 34.3. The molecule has 2 aliphatic heterocycles. The lowest BCUT2D eigenvalue weighted by Gasteiger charge is -2.70. The quantitative estimate of drug-likeness (QED) is 0.115. The summed E-state index contributed by atoms with van der Waals surface area (Å²) < 4.78 is 24.4. The molecule has 20 atom stereocenters. The average Bonchev–Trinajstić information content (AvgIpc) is 3.50. The molecule has 13 heteroatoms. The lowest BCUT2D eigenvalue weighted by Crippen LogP contribution is -2.68. The number of allylic oxidation sites excluding steroid dienone is 2. The first-order valence-corrected chi connectivity index (χ1v) is 20.9. The predicted molar refractivity (Wildman–Crippen MR) is 201 cm³/mol. The van der Waals surface area contributed by atoms with Gasteiger partial charge in [0.25, 0.3) is 0 Å². The Bertz CT molecular complexity index is 1370. The first-order chi connectivity index (χ1) is 25.6. The Morgan fingerprint density at radius 2 is 1.33 bits per heavy atom. The van der Waals surface area contributed by atoms with Crippen molar-refractivity contribution in [2.75, 3.05) is 13.2 Å². The van der Waals surface area contributed by atoms with Gasteiger partial charge in [0.2, 0.25) is 0 Å². The minimum atomic E-state index is -1.75. The van der Waals surface area contributed by atoms with Crippen molar-refractivity contribution in [3.05, 3.63) is 11.6 Å². The lowest BCUT2D eigenvalue weighted by molar-refractivity contribution is -0.378. The molecule has 0 spiro atoms. The van der Waals surface area contributed by atoms with Crippen LogP contribution in [0.15, 0.2) is 11.6 Å². The number of ether oxygens (including phenoxy) is 4. The zero-order chi connectivity index (χ0) is 40.6. The van der Waals surface area contributed by atoms with Gasteiger partial charge in [0.05, 0.1) is 31.0 Å². The van der Waals surface area contributed by atoms with Gasteiger partial charge in [0.15, 0.2) is 12.6 Å². The van der Waals surface area contributed by atoms with E-state index in [1.807, 2.05) is 6.92 Å². The highest BCUT2D eigenvalue weighted by molar-refractivity contribution is 5.20. The molecule has 2 heterocycles. The molecule has 55 heavy (non-hydrogen) atoms. The van der Waals surface area contributed by atoms with Crippen molar-refractivity contribution in [1.82, 2.24) is 0 Å². The third kappa shape index (κ3) is 7.20. The number of hydrogen-bond acceptors (Lipinski definition) is 13. The van der Waals surface area contributed by atoms with Gasteiger partial charge in [0.1, 0.15) is 48.8 Å². The number of aliphatic hydroxyl groups excluding tert-OH is 8. The largest absolute Gasteiger partial charge is 0.394 e. The number of fused-ring (bicyclic) bond motifs is 5. The van der Waals surface area contributed by atoms with Gasteiger partial charge in [-0.15, -0.1) is 0 Å². The fourth-order valence-electron chi connectivity index (χ4n) is 13.3. The van der Waals surface area contributed by atoms with E-state index in [1.165, 1.54) is 5.57 Å². The Kier molecular flexibility index (Phi) is 12.5. The van der Waals surface area contributed by atoms with Gasteiger partial charge >= 0.3 is 0 Å². The number of aliphatic hydroxyl groups is 9. The fourth-order valence-corrected chi connectivity index (χ4v) is 13.3. The Morgan fingerprint density at radius 1 is 0.727 bits per heavy atom. The van der Waals surface area contributed by atoms with Crippen molar-refractivity contribution in [2.24, 2.45) is 45.3 Å². The smallest absolute Gasteiger partial charge is 0.187 e. The zero-order valence-electron chi connectivity index (χ0n) is 34.3. The maximum atomic E-state index is 12.2. The second kappa shape index (κ2) is 15.7. The summed E-state index contributed by atoms with van der Waals surface area (Å²) in [7, 11) is 0. The summed E-state index contributed by atoms with van der Waals surface area (Å²) in [4.78, 5) is 0. The second-order valence-electron chi connectivity index (χ2n) is 20.1. The Labute approximate surface area is 327 Å². The molecular formula is C42H72O13. The molecule has 10 unspecified atom stereocenters. The third-order valence-corrected chi connectivity index (χ3v) is 16.6. The molecule has 0 aromatic heterocycles. The molecule has 2 saturated heterocycles.